The molecule has 0 amide bonds. The smallest absolute Gasteiger partial charge is 0.369 e. The van der Waals surface area contributed by atoms with E-state index in [4.69, 9.17) is 53.8 Å². The first kappa shape index (κ1) is 84.6. The molecule has 0 atom stereocenters. The van der Waals surface area contributed by atoms with Crippen LogP contribution in [-0.4, -0.2) is 93.8 Å². The second-order valence-electron chi connectivity index (χ2n) is 25.4. The average Bonchev–Trinajstić information content (AvgIpc) is 1.57. The number of hydrogen-bond acceptors (Lipinski definition) is 13. The van der Waals surface area contributed by atoms with Gasteiger partial charge in [-0.15, -0.1) is 47.3 Å². The summed E-state index contributed by atoms with van der Waals surface area (Å²) in [5.41, 5.74) is 5.66. The van der Waals surface area contributed by atoms with Gasteiger partial charge >= 0.3 is 3.18 Å². The van der Waals surface area contributed by atoms with Gasteiger partial charge < -0.3 is 42.7 Å². The number of aryl methyl sites for hydroxylation is 1. The number of aromatic amines is 1. The van der Waals surface area contributed by atoms with Crippen LogP contribution in [0.2, 0.25) is 15.5 Å². The highest BCUT2D eigenvalue weighted by Gasteiger charge is 2.15. The number of alkyl halides is 1. The third kappa shape index (κ3) is 22.2. The summed E-state index contributed by atoms with van der Waals surface area (Å²) in [6.45, 7) is 4.55. The number of nitrogens with zero attached hydrogens (tertiary/aromatic N) is 8. The number of pyridine rings is 5. The van der Waals surface area contributed by atoms with E-state index in [0.29, 0.717) is 22.1 Å². The molecule has 19 aromatic rings. The number of ether oxygens (including phenoxy) is 4. The number of H-pyrrole nitrogens is 1. The maximum atomic E-state index is 11.3. The maximum absolute atomic E-state index is 11.3. The number of halogens is 7. The molecule has 10 aromatic carbocycles. The van der Waals surface area contributed by atoms with Gasteiger partial charge in [-0.2, -0.15) is 8.42 Å². The van der Waals surface area contributed by atoms with E-state index in [-0.39, 0.29) is 19.3 Å². The molecule has 2 N–H and O–H groups in total. The summed E-state index contributed by atoms with van der Waals surface area (Å²) < 4.78 is 54.7. The Morgan fingerprint density at radius 1 is 0.431 bits per heavy atom. The highest BCUT2D eigenvalue weighted by atomic mass is 79.9. The van der Waals surface area contributed by atoms with Gasteiger partial charge in [-0.1, -0.05) is 172 Å². The van der Waals surface area contributed by atoms with E-state index in [1.807, 2.05) is 160 Å². The summed E-state index contributed by atoms with van der Waals surface area (Å²) in [6, 6.07) is 86.6. The van der Waals surface area contributed by atoms with Crippen LogP contribution in [0.25, 0.3) is 115 Å². The lowest BCUT2D eigenvalue weighted by Crippen LogP contribution is -2.04. The quantitative estimate of drug-likeness (QED) is 0.0538. The molecule has 17 nitrogen and oxygen atoms in total. The number of benzene rings is 10. The summed E-state index contributed by atoms with van der Waals surface area (Å²) in [5.74, 6) is 6.31. The normalized spacial score (nSPS) is 10.8. The minimum absolute atomic E-state index is 0.0246. The Morgan fingerprint density at radius 3 is 1.31 bits per heavy atom. The van der Waals surface area contributed by atoms with Crippen LogP contribution >= 0.6 is 98.0 Å². The summed E-state index contributed by atoms with van der Waals surface area (Å²) in [5, 5.41) is 26.1. The predicted octanol–water partition coefficient (Wildman–Crippen LogP) is 25.5. The molecule has 584 valence electrons. The Hall–Kier alpha value is -10.8. The van der Waals surface area contributed by atoms with Crippen LogP contribution in [-0.2, 0) is 14.3 Å². The van der Waals surface area contributed by atoms with E-state index < -0.39 is 10.1 Å². The van der Waals surface area contributed by atoms with Crippen molar-refractivity contribution in [3.63, 3.8) is 0 Å². The van der Waals surface area contributed by atoms with Crippen molar-refractivity contribution in [3.05, 3.63) is 338 Å². The SMILES string of the molecule is BrB(Br)Br.CCOc1ccc2cc(-n3ccc4ccccc43)ncc2c1.COc1ccc2cc(-n3ccc4ccccc43)ncc2c1.COc1ccc2cc(Cl)nc(Cl)c2c1.COc1ccc2cc(Cl)ncc2c1.Cc1ccc(S(=O)(=O)OCBr)cc1.Oc1ccc2cc(-n3ccc4ccccc43)ncc2c1.c1ccc2[nH]ccc2c1. The molecule has 0 radical (unpaired) electrons. The van der Waals surface area contributed by atoms with Crippen LogP contribution < -0.4 is 18.9 Å². The van der Waals surface area contributed by atoms with Crippen LogP contribution in [0, 0.1) is 6.92 Å². The second kappa shape index (κ2) is 40.6. The number of phenolic OH excluding ortho intramolecular Hbond substituents is 1. The zero-order chi connectivity index (χ0) is 81.7. The zero-order valence-electron chi connectivity index (χ0n) is 63.0. The minimum Gasteiger partial charge on any atom is -0.508 e. The summed E-state index contributed by atoms with van der Waals surface area (Å²) >= 11 is 29.7. The van der Waals surface area contributed by atoms with Gasteiger partial charge in [-0.3, -0.25) is 4.18 Å². The summed E-state index contributed by atoms with van der Waals surface area (Å²) in [4.78, 5) is 24.9. The highest BCUT2D eigenvalue weighted by molar-refractivity contribution is 9.69. The molecule has 0 aliphatic carbocycles. The molecule has 0 aliphatic rings. The van der Waals surface area contributed by atoms with Gasteiger partial charge in [0.2, 0.25) is 0 Å². The van der Waals surface area contributed by atoms with E-state index >= 15 is 0 Å². The summed E-state index contributed by atoms with van der Waals surface area (Å²) in [6.07, 6.45) is 15.4. The molecule has 0 spiro atoms. The first-order chi connectivity index (χ1) is 56.3. The standard InChI is InChI=1S/C19H16N2O.C18H14N2O.C17H12N2O.C10H7Cl2NO.C10H8ClNO.C8H9BrO3S.C8H7N.BBr3/c1-2-22-17-8-7-15-12-19(20-13-16(15)11-17)21-10-9-14-5-3-4-6-18(14)21;1-21-16-7-6-14-11-18(19-12-15(14)10-16)20-9-8-13-4-2-3-5-17(13)20;20-15-6-5-13-10-17(18-11-14(13)9-15)19-8-7-12-3-1-2-4-16(12)19;1-14-7-3-2-6-4-9(11)13-10(12)8(6)5-7;1-13-9-3-2-7-5-10(11)12-6-8(7)4-9;1-7-2-4-8(5-3-7)13(10,11)12-6-9;1-2-4-8-7(3-1)5-6-9-8;2-1(3)4/h3-13H,2H2,1H3;2-12H,1H3;1-11,20H;2-5H,1H3;2-6H,1H3;2-5H,6H2,1H3;1-6,9H;. The molecule has 0 bridgehead atoms. The number of para-hydroxylation sites is 4. The number of methoxy groups -OCH3 is 3. The minimum atomic E-state index is -3.57. The van der Waals surface area contributed by atoms with E-state index in [1.54, 1.807) is 64.1 Å². The Balaban J connectivity index is 0.000000126. The van der Waals surface area contributed by atoms with Gasteiger partial charge in [0.05, 0.1) is 49.4 Å². The Morgan fingerprint density at radius 2 is 0.836 bits per heavy atom. The van der Waals surface area contributed by atoms with Gasteiger partial charge in [0.1, 0.15) is 67.2 Å². The number of phenols is 1. The van der Waals surface area contributed by atoms with Gasteiger partial charge in [0, 0.05) is 82.0 Å². The molecule has 0 saturated carbocycles. The first-order valence-electron chi connectivity index (χ1n) is 35.9. The number of aromatic hydroxyl groups is 1. The van der Waals surface area contributed by atoms with Crippen LogP contribution in [0.15, 0.2) is 321 Å². The molecule has 19 rings (SSSR count). The molecule has 26 heteroatoms. The fourth-order valence-corrected chi connectivity index (χ4v) is 14.4. The van der Waals surface area contributed by atoms with Crippen LogP contribution in [0.5, 0.6) is 28.7 Å². The Labute approximate surface area is 718 Å². The third-order valence-corrected chi connectivity index (χ3v) is 20.5. The van der Waals surface area contributed by atoms with Gasteiger partial charge in [-0.05, 0) is 214 Å². The topological polar surface area (TPSA) is 196 Å². The van der Waals surface area contributed by atoms with Crippen molar-refractivity contribution in [2.75, 3.05) is 33.5 Å². The van der Waals surface area contributed by atoms with Crippen molar-refractivity contribution in [1.82, 2.24) is 43.6 Å². The van der Waals surface area contributed by atoms with Crippen molar-refractivity contribution >= 4 is 209 Å². The van der Waals surface area contributed by atoms with Crippen molar-refractivity contribution < 1.29 is 36.7 Å². The number of fused-ring (bicyclic) bond motifs is 9. The van der Waals surface area contributed by atoms with E-state index in [2.05, 4.69) is 227 Å². The fraction of sp³-hybridized carbons (Fsp3) is 0.0778. The molecule has 0 unspecified atom stereocenters. The number of hydrogen-bond donors (Lipinski definition) is 2. The van der Waals surface area contributed by atoms with Gasteiger partial charge in [-0.25, -0.2) is 24.9 Å². The van der Waals surface area contributed by atoms with Gasteiger partial charge in [0.25, 0.3) is 10.1 Å². The molecule has 116 heavy (non-hydrogen) atoms. The van der Waals surface area contributed by atoms with Crippen LogP contribution in [0.3, 0.4) is 0 Å². The largest absolute Gasteiger partial charge is 0.508 e. The number of rotatable bonds is 11. The highest BCUT2D eigenvalue weighted by Crippen LogP contribution is 2.32. The van der Waals surface area contributed by atoms with E-state index in [0.717, 1.165) is 111 Å². The van der Waals surface area contributed by atoms with Crippen molar-refractivity contribution in [2.24, 2.45) is 0 Å². The number of nitrogens with one attached hydrogen (secondary N) is 1. The Kier molecular flexibility index (Phi) is 29.6. The predicted molar refractivity (Wildman–Crippen MR) is 491 cm³/mol. The lowest BCUT2D eigenvalue weighted by Gasteiger charge is -2.08. The van der Waals surface area contributed by atoms with E-state index in [1.165, 1.54) is 44.7 Å². The fourth-order valence-electron chi connectivity index (χ4n) is 12.3. The lowest BCUT2D eigenvalue weighted by atomic mass is 10.1. The van der Waals surface area contributed by atoms with E-state index in [9.17, 15) is 13.5 Å². The molecular weight excluding hydrogens is 1800 g/mol. The monoisotopic (exact) mass is 1870 g/mol. The van der Waals surface area contributed by atoms with Crippen LogP contribution in [0.4, 0.5) is 0 Å². The molecule has 9 aromatic heterocycles. The number of aromatic nitrogens is 9. The summed E-state index contributed by atoms with van der Waals surface area (Å²) in [7, 11) is 1.35. The van der Waals surface area contributed by atoms with Crippen LogP contribution in [0.1, 0.15) is 12.5 Å². The van der Waals surface area contributed by atoms with Crippen molar-refractivity contribution in [3.8, 4) is 46.2 Å². The molecule has 0 fully saturated rings. The molecular formula is C90H73BBr4Cl3N9O8S. The average molecular weight is 1880 g/mol. The maximum Gasteiger partial charge on any atom is 0.369 e. The zero-order valence-corrected chi connectivity index (χ0v) is 72.4. The molecule has 0 aliphatic heterocycles. The van der Waals surface area contributed by atoms with Crippen molar-refractivity contribution in [2.45, 2.75) is 18.7 Å². The second-order valence-corrected chi connectivity index (χ2v) is 35.0. The third-order valence-electron chi connectivity index (χ3n) is 18.0. The van der Waals surface area contributed by atoms with Gasteiger partial charge in [0.15, 0.2) is 0 Å². The van der Waals surface area contributed by atoms with Crippen molar-refractivity contribution in [1.29, 1.82) is 0 Å². The lowest BCUT2D eigenvalue weighted by molar-refractivity contribution is 0.340. The Bertz CT molecular complexity index is 6650. The molecule has 0 saturated heterocycles. The molecule has 9 heterocycles. The first-order valence-corrected chi connectivity index (χ1v) is 42.3.